The van der Waals surface area contributed by atoms with E-state index in [0.29, 0.717) is 0 Å². The van der Waals surface area contributed by atoms with Gasteiger partial charge in [0.2, 0.25) is 0 Å². The summed E-state index contributed by atoms with van der Waals surface area (Å²) in [6.45, 7) is 6.19. The molecule has 1 aromatic carbocycles. The van der Waals surface area contributed by atoms with Crippen molar-refractivity contribution in [2.24, 2.45) is 0 Å². The number of nitrogens with zero attached hydrogens (tertiary/aromatic N) is 4. The van der Waals surface area contributed by atoms with E-state index in [4.69, 9.17) is 0 Å². The van der Waals surface area contributed by atoms with Crippen LogP contribution in [0.25, 0.3) is 10.2 Å². The van der Waals surface area contributed by atoms with Crippen LogP contribution in [0.2, 0.25) is 0 Å². The van der Waals surface area contributed by atoms with Crippen molar-refractivity contribution < 1.29 is 0 Å². The van der Waals surface area contributed by atoms with E-state index < -0.39 is 0 Å². The Morgan fingerprint density at radius 1 is 1.00 bits per heavy atom. The number of thiophene rings is 1. The first kappa shape index (κ1) is 13.5. The van der Waals surface area contributed by atoms with Crippen molar-refractivity contribution in [3.8, 4) is 0 Å². The largest absolute Gasteiger partial charge is 0.368 e. The van der Waals surface area contributed by atoms with Gasteiger partial charge >= 0.3 is 0 Å². The molecule has 0 bridgehead atoms. The molecule has 1 fully saturated rings. The lowest BCUT2D eigenvalue weighted by atomic mass is 10.2. The summed E-state index contributed by atoms with van der Waals surface area (Å²) >= 11 is 1.68. The van der Waals surface area contributed by atoms with Crippen molar-refractivity contribution in [1.82, 2.24) is 9.97 Å². The second-order valence-electron chi connectivity index (χ2n) is 5.65. The molecular weight excluding hydrogens is 292 g/mol. The predicted octanol–water partition coefficient (Wildman–Crippen LogP) is 3.33. The lowest BCUT2D eigenvalue weighted by molar-refractivity contribution is 0.649. The average molecular weight is 310 g/mol. The van der Waals surface area contributed by atoms with Crippen molar-refractivity contribution >= 4 is 33.1 Å². The summed E-state index contributed by atoms with van der Waals surface area (Å²) in [6.07, 6.45) is 1.68. The third kappa shape index (κ3) is 2.41. The molecule has 0 amide bonds. The van der Waals surface area contributed by atoms with Crippen LogP contribution in [0.5, 0.6) is 0 Å². The zero-order valence-corrected chi connectivity index (χ0v) is 13.4. The van der Waals surface area contributed by atoms with Crippen LogP contribution in [0, 0.1) is 6.92 Å². The van der Waals surface area contributed by atoms with E-state index in [0.717, 1.165) is 36.8 Å². The molecule has 0 radical (unpaired) electrons. The van der Waals surface area contributed by atoms with Gasteiger partial charge in [-0.25, -0.2) is 9.97 Å². The van der Waals surface area contributed by atoms with E-state index in [2.05, 4.69) is 62.4 Å². The maximum atomic E-state index is 4.52. The van der Waals surface area contributed by atoms with Gasteiger partial charge in [0.15, 0.2) is 0 Å². The quantitative estimate of drug-likeness (QED) is 0.727. The molecule has 0 atom stereocenters. The van der Waals surface area contributed by atoms with Gasteiger partial charge in [-0.15, -0.1) is 11.3 Å². The summed E-state index contributed by atoms with van der Waals surface area (Å²) in [5, 5.41) is 3.27. The summed E-state index contributed by atoms with van der Waals surface area (Å²) < 4.78 is 0. The summed E-state index contributed by atoms with van der Waals surface area (Å²) in [6, 6.07) is 10.9. The van der Waals surface area contributed by atoms with Crippen LogP contribution in [0.3, 0.4) is 0 Å². The number of piperazine rings is 1. The fourth-order valence-corrected chi connectivity index (χ4v) is 3.76. The molecule has 22 heavy (non-hydrogen) atoms. The topological polar surface area (TPSA) is 32.3 Å². The number of benzene rings is 1. The van der Waals surface area contributed by atoms with Gasteiger partial charge in [-0.3, -0.25) is 0 Å². The minimum Gasteiger partial charge on any atom is -0.368 e. The molecule has 3 heterocycles. The molecule has 5 heteroatoms. The number of aryl methyl sites for hydroxylation is 1. The minimum atomic E-state index is 0.996. The Morgan fingerprint density at radius 3 is 2.64 bits per heavy atom. The molecular formula is C17H18N4S. The third-order valence-corrected chi connectivity index (χ3v) is 5.01. The van der Waals surface area contributed by atoms with Crippen molar-refractivity contribution in [2.75, 3.05) is 36.0 Å². The van der Waals surface area contributed by atoms with E-state index in [-0.39, 0.29) is 0 Å². The van der Waals surface area contributed by atoms with Crippen LogP contribution in [0.4, 0.5) is 11.5 Å². The van der Waals surface area contributed by atoms with Gasteiger partial charge in [0, 0.05) is 31.9 Å². The summed E-state index contributed by atoms with van der Waals surface area (Å²) in [5.74, 6) is 1.08. The average Bonchev–Trinajstić information content (AvgIpc) is 3.04. The Hall–Kier alpha value is -2.14. The van der Waals surface area contributed by atoms with Crippen LogP contribution >= 0.6 is 11.3 Å². The Bertz CT molecular complexity index is 790. The van der Waals surface area contributed by atoms with Crippen molar-refractivity contribution in [3.05, 3.63) is 47.6 Å². The second-order valence-corrected chi connectivity index (χ2v) is 6.54. The van der Waals surface area contributed by atoms with E-state index in [1.54, 1.807) is 17.7 Å². The Kier molecular flexibility index (Phi) is 3.42. The summed E-state index contributed by atoms with van der Waals surface area (Å²) in [5.41, 5.74) is 2.64. The smallest absolute Gasteiger partial charge is 0.140 e. The van der Waals surface area contributed by atoms with Gasteiger partial charge in [-0.2, -0.15) is 0 Å². The van der Waals surface area contributed by atoms with Gasteiger partial charge < -0.3 is 9.80 Å². The lowest BCUT2D eigenvalue weighted by Crippen LogP contribution is -2.46. The molecule has 1 aliphatic heterocycles. The third-order valence-electron chi connectivity index (χ3n) is 4.19. The van der Waals surface area contributed by atoms with Crippen molar-refractivity contribution in [3.63, 3.8) is 0 Å². The molecule has 1 aliphatic rings. The molecule has 0 aliphatic carbocycles. The molecule has 4 rings (SSSR count). The van der Waals surface area contributed by atoms with Crippen molar-refractivity contribution in [1.29, 1.82) is 0 Å². The van der Waals surface area contributed by atoms with Crippen LogP contribution in [-0.2, 0) is 0 Å². The van der Waals surface area contributed by atoms with Gasteiger partial charge in [-0.05, 0) is 36.1 Å². The first-order chi connectivity index (χ1) is 10.8. The highest BCUT2D eigenvalue weighted by Crippen LogP contribution is 2.28. The molecule has 0 unspecified atom stereocenters. The van der Waals surface area contributed by atoms with Crippen molar-refractivity contribution in [2.45, 2.75) is 6.92 Å². The SMILES string of the molecule is Cc1cccc(N2CCN(c3ncnc4sccc34)CC2)c1. The lowest BCUT2D eigenvalue weighted by Gasteiger charge is -2.37. The fraction of sp³-hybridized carbons (Fsp3) is 0.294. The maximum absolute atomic E-state index is 4.52. The normalized spacial score (nSPS) is 15.5. The van der Waals surface area contributed by atoms with Crippen LogP contribution in [0.15, 0.2) is 42.0 Å². The number of hydrogen-bond donors (Lipinski definition) is 0. The molecule has 0 spiro atoms. The number of anilines is 2. The first-order valence-electron chi connectivity index (χ1n) is 7.56. The van der Waals surface area contributed by atoms with E-state index in [1.165, 1.54) is 16.6 Å². The van der Waals surface area contributed by atoms with Gasteiger partial charge in [0.1, 0.15) is 17.0 Å². The van der Waals surface area contributed by atoms with Crippen LogP contribution in [0.1, 0.15) is 5.56 Å². The maximum Gasteiger partial charge on any atom is 0.140 e. The summed E-state index contributed by atoms with van der Waals surface area (Å²) in [4.78, 5) is 14.8. The number of aromatic nitrogens is 2. The fourth-order valence-electron chi connectivity index (χ4n) is 3.03. The van der Waals surface area contributed by atoms with Gasteiger partial charge in [0.05, 0.1) is 5.39 Å². The van der Waals surface area contributed by atoms with Crippen LogP contribution < -0.4 is 9.80 Å². The standard InChI is InChI=1S/C17H18N4S/c1-13-3-2-4-14(11-13)20-6-8-21(9-7-20)16-15-5-10-22-17(15)19-12-18-16/h2-5,10-12H,6-9H2,1H3. The predicted molar refractivity (Wildman–Crippen MR) is 93.0 cm³/mol. The zero-order chi connectivity index (χ0) is 14.9. The number of fused-ring (bicyclic) bond motifs is 1. The molecule has 4 nitrogen and oxygen atoms in total. The zero-order valence-electron chi connectivity index (χ0n) is 12.6. The van der Waals surface area contributed by atoms with Gasteiger partial charge in [-0.1, -0.05) is 12.1 Å². The molecule has 0 saturated carbocycles. The Morgan fingerprint density at radius 2 is 1.82 bits per heavy atom. The van der Waals surface area contributed by atoms with Gasteiger partial charge in [0.25, 0.3) is 0 Å². The van der Waals surface area contributed by atoms with E-state index >= 15 is 0 Å². The highest BCUT2D eigenvalue weighted by Gasteiger charge is 2.20. The number of hydrogen-bond acceptors (Lipinski definition) is 5. The van der Waals surface area contributed by atoms with E-state index in [1.807, 2.05) is 0 Å². The first-order valence-corrected chi connectivity index (χ1v) is 8.44. The Balaban J connectivity index is 1.53. The minimum absolute atomic E-state index is 0.996. The highest BCUT2D eigenvalue weighted by molar-refractivity contribution is 7.16. The molecule has 1 saturated heterocycles. The Labute approximate surface area is 134 Å². The summed E-state index contributed by atoms with van der Waals surface area (Å²) in [7, 11) is 0. The molecule has 2 aromatic heterocycles. The van der Waals surface area contributed by atoms with E-state index in [9.17, 15) is 0 Å². The molecule has 0 N–H and O–H groups in total. The number of rotatable bonds is 2. The van der Waals surface area contributed by atoms with Crippen LogP contribution in [-0.4, -0.2) is 36.1 Å². The second kappa shape index (κ2) is 5.57. The molecule has 112 valence electrons. The highest BCUT2D eigenvalue weighted by atomic mass is 32.1. The molecule has 3 aromatic rings. The monoisotopic (exact) mass is 310 g/mol.